The zero-order valence-electron chi connectivity index (χ0n) is 12.0. The zero-order valence-corrected chi connectivity index (χ0v) is 12.0. The molecule has 1 saturated heterocycles. The van der Waals surface area contributed by atoms with E-state index in [1.165, 1.54) is 12.3 Å². The number of hydrogen-bond acceptors (Lipinski definition) is 5. The summed E-state index contributed by atoms with van der Waals surface area (Å²) in [6, 6.07) is 2.94. The highest BCUT2D eigenvalue weighted by Gasteiger charge is 2.31. The first-order chi connectivity index (χ1) is 10.1. The molecule has 0 radical (unpaired) electrons. The predicted octanol–water partition coefficient (Wildman–Crippen LogP) is 1.57. The van der Waals surface area contributed by atoms with Gasteiger partial charge < -0.3 is 10.6 Å². The van der Waals surface area contributed by atoms with Gasteiger partial charge in [0.05, 0.1) is 6.20 Å². The van der Waals surface area contributed by atoms with Gasteiger partial charge >= 0.3 is 0 Å². The van der Waals surface area contributed by atoms with Gasteiger partial charge in [0.15, 0.2) is 5.82 Å². The lowest BCUT2D eigenvalue weighted by molar-refractivity contribution is 0.270. The molecule has 3 heterocycles. The fraction of sp³-hybridized carbons (Fsp3) is 0.500. The van der Waals surface area contributed by atoms with Crippen molar-refractivity contribution < 1.29 is 4.39 Å². The summed E-state index contributed by atoms with van der Waals surface area (Å²) in [7, 11) is 0. The molecule has 3 rings (SSSR count). The summed E-state index contributed by atoms with van der Waals surface area (Å²) >= 11 is 0. The van der Waals surface area contributed by atoms with Crippen molar-refractivity contribution in [2.24, 2.45) is 11.1 Å². The topological polar surface area (TPSA) is 83.7 Å². The Morgan fingerprint density at radius 1 is 1.48 bits per heavy atom. The molecule has 6 nitrogen and oxygen atoms in total. The third kappa shape index (κ3) is 2.87. The first kappa shape index (κ1) is 13.9. The number of halogens is 1. The molecular weight excluding hydrogens is 271 g/mol. The summed E-state index contributed by atoms with van der Waals surface area (Å²) in [6.07, 6.45) is 3.37. The Balaban J connectivity index is 1.80. The second-order valence-electron chi connectivity index (χ2n) is 5.89. The summed E-state index contributed by atoms with van der Waals surface area (Å²) in [5.74, 6) is 0.828. The minimum Gasteiger partial charge on any atom is -0.339 e. The third-order valence-electron chi connectivity index (χ3n) is 4.00. The number of H-pyrrole nitrogens is 1. The van der Waals surface area contributed by atoms with Gasteiger partial charge in [-0.25, -0.2) is 9.37 Å². The van der Waals surface area contributed by atoms with Crippen molar-refractivity contribution in [1.29, 1.82) is 0 Å². The van der Waals surface area contributed by atoms with E-state index >= 15 is 0 Å². The third-order valence-corrected chi connectivity index (χ3v) is 4.00. The van der Waals surface area contributed by atoms with Crippen molar-refractivity contribution in [2.45, 2.75) is 19.8 Å². The van der Waals surface area contributed by atoms with Crippen LogP contribution in [-0.4, -0.2) is 39.8 Å². The van der Waals surface area contributed by atoms with Gasteiger partial charge in [0.25, 0.3) is 0 Å². The second-order valence-corrected chi connectivity index (χ2v) is 5.89. The fourth-order valence-corrected chi connectivity index (χ4v) is 2.68. The molecule has 0 bridgehead atoms. The van der Waals surface area contributed by atoms with Crippen molar-refractivity contribution in [2.75, 3.05) is 24.5 Å². The number of nitrogens with zero attached hydrogens (tertiary/aromatic N) is 4. The van der Waals surface area contributed by atoms with Crippen LogP contribution in [0.2, 0.25) is 0 Å². The summed E-state index contributed by atoms with van der Waals surface area (Å²) in [4.78, 5) is 10.6. The Morgan fingerprint density at radius 2 is 2.33 bits per heavy atom. The highest BCUT2D eigenvalue weighted by atomic mass is 19.1. The van der Waals surface area contributed by atoms with Gasteiger partial charge in [-0.15, -0.1) is 5.10 Å². The molecule has 3 N–H and O–H groups in total. The van der Waals surface area contributed by atoms with E-state index in [-0.39, 0.29) is 11.2 Å². The van der Waals surface area contributed by atoms with E-state index in [9.17, 15) is 4.39 Å². The average molecular weight is 290 g/mol. The minimum absolute atomic E-state index is 0.104. The largest absolute Gasteiger partial charge is 0.339 e. The number of aromatic nitrogens is 4. The number of hydrogen-bond donors (Lipinski definition) is 2. The molecule has 1 aliphatic heterocycles. The van der Waals surface area contributed by atoms with Crippen molar-refractivity contribution in [3.8, 4) is 11.5 Å². The Bertz CT molecular complexity index is 610. The highest BCUT2D eigenvalue weighted by Crippen LogP contribution is 2.30. The number of pyridine rings is 1. The standard InChI is InChI=1S/C14H19FN6/c1-14(8-16)5-2-6-21(9-14)13-18-12(19-20-13)11-4-3-10(15)7-17-11/h3-4,7H,2,5-6,8-9,16H2,1H3,(H,18,19,20). The summed E-state index contributed by atoms with van der Waals surface area (Å²) < 4.78 is 12.9. The van der Waals surface area contributed by atoms with Gasteiger partial charge in [-0.3, -0.25) is 5.10 Å². The average Bonchev–Trinajstić information content (AvgIpc) is 2.98. The Labute approximate surface area is 122 Å². The van der Waals surface area contributed by atoms with E-state index < -0.39 is 0 Å². The molecule has 0 saturated carbocycles. The van der Waals surface area contributed by atoms with Crippen LogP contribution in [0.5, 0.6) is 0 Å². The van der Waals surface area contributed by atoms with Gasteiger partial charge in [-0.2, -0.15) is 4.98 Å². The SMILES string of the molecule is CC1(CN)CCCN(c2n[nH]c(-c3ccc(F)cn3)n2)C1. The first-order valence-corrected chi connectivity index (χ1v) is 7.09. The molecule has 0 spiro atoms. The molecule has 0 aliphatic carbocycles. The van der Waals surface area contributed by atoms with Gasteiger partial charge in [-0.05, 0) is 36.9 Å². The van der Waals surface area contributed by atoms with Crippen LogP contribution in [0, 0.1) is 11.2 Å². The normalized spacial score (nSPS) is 22.5. The Morgan fingerprint density at radius 3 is 3.05 bits per heavy atom. The number of rotatable bonds is 3. The quantitative estimate of drug-likeness (QED) is 0.896. The van der Waals surface area contributed by atoms with Crippen LogP contribution in [0.25, 0.3) is 11.5 Å². The van der Waals surface area contributed by atoms with Crippen LogP contribution in [0.3, 0.4) is 0 Å². The van der Waals surface area contributed by atoms with Crippen molar-refractivity contribution in [1.82, 2.24) is 20.2 Å². The lowest BCUT2D eigenvalue weighted by Gasteiger charge is -2.39. The molecular formula is C14H19FN6. The van der Waals surface area contributed by atoms with Gasteiger partial charge in [0, 0.05) is 13.1 Å². The number of nitrogens with one attached hydrogen (secondary N) is 1. The summed E-state index contributed by atoms with van der Waals surface area (Å²) in [6.45, 7) is 4.61. The van der Waals surface area contributed by atoms with Crippen molar-refractivity contribution in [3.05, 3.63) is 24.1 Å². The molecule has 112 valence electrons. The molecule has 7 heteroatoms. The molecule has 0 aromatic carbocycles. The molecule has 21 heavy (non-hydrogen) atoms. The first-order valence-electron chi connectivity index (χ1n) is 7.09. The van der Waals surface area contributed by atoms with Gasteiger partial charge in [0.2, 0.25) is 5.95 Å². The van der Waals surface area contributed by atoms with Crippen molar-refractivity contribution in [3.63, 3.8) is 0 Å². The monoisotopic (exact) mass is 290 g/mol. The molecule has 2 aromatic rings. The number of piperidine rings is 1. The van der Waals surface area contributed by atoms with Crippen LogP contribution >= 0.6 is 0 Å². The summed E-state index contributed by atoms with van der Waals surface area (Å²) in [5, 5.41) is 7.12. The number of aromatic amines is 1. The van der Waals surface area contributed by atoms with E-state index in [0.29, 0.717) is 24.0 Å². The lowest BCUT2D eigenvalue weighted by atomic mass is 9.82. The maximum atomic E-state index is 12.9. The Kier molecular flexibility index (Phi) is 3.59. The van der Waals surface area contributed by atoms with Crippen LogP contribution < -0.4 is 10.6 Å². The molecule has 1 unspecified atom stereocenters. The van der Waals surface area contributed by atoms with Crippen LogP contribution in [-0.2, 0) is 0 Å². The number of anilines is 1. The smallest absolute Gasteiger partial charge is 0.245 e. The van der Waals surface area contributed by atoms with E-state index in [4.69, 9.17) is 5.73 Å². The van der Waals surface area contributed by atoms with Crippen LogP contribution in [0.15, 0.2) is 18.3 Å². The van der Waals surface area contributed by atoms with Crippen molar-refractivity contribution >= 4 is 5.95 Å². The molecule has 2 aromatic heterocycles. The van der Waals surface area contributed by atoms with Crippen LogP contribution in [0.4, 0.5) is 10.3 Å². The molecule has 1 aliphatic rings. The zero-order chi connectivity index (χ0) is 14.9. The number of nitrogens with two attached hydrogens (primary N) is 1. The second kappa shape index (κ2) is 5.40. The molecule has 1 fully saturated rings. The maximum absolute atomic E-state index is 12.9. The molecule has 1 atom stereocenters. The lowest BCUT2D eigenvalue weighted by Crippen LogP contribution is -2.46. The van der Waals surface area contributed by atoms with E-state index in [1.807, 2.05) is 0 Å². The highest BCUT2D eigenvalue weighted by molar-refractivity contribution is 5.51. The van der Waals surface area contributed by atoms with E-state index in [0.717, 1.165) is 25.9 Å². The van der Waals surface area contributed by atoms with Gasteiger partial charge in [-0.1, -0.05) is 6.92 Å². The minimum atomic E-state index is -0.367. The predicted molar refractivity (Wildman–Crippen MR) is 78.2 cm³/mol. The van der Waals surface area contributed by atoms with E-state index in [2.05, 4.69) is 32.0 Å². The fourth-order valence-electron chi connectivity index (χ4n) is 2.68. The molecule has 0 amide bonds. The Hall–Kier alpha value is -2.02. The van der Waals surface area contributed by atoms with Gasteiger partial charge in [0.1, 0.15) is 11.5 Å². The van der Waals surface area contributed by atoms with Crippen LogP contribution in [0.1, 0.15) is 19.8 Å². The maximum Gasteiger partial charge on any atom is 0.245 e. The van der Waals surface area contributed by atoms with E-state index in [1.54, 1.807) is 6.07 Å². The summed E-state index contributed by atoms with van der Waals surface area (Å²) in [5.41, 5.74) is 6.55.